The van der Waals surface area contributed by atoms with Crippen LogP contribution in [0.4, 0.5) is 9.18 Å². The molecule has 3 aliphatic heterocycles. The van der Waals surface area contributed by atoms with Crippen molar-refractivity contribution in [3.63, 3.8) is 0 Å². The maximum atomic E-state index is 13.2. The molecule has 1 N–H and O–H groups in total. The zero-order valence-corrected chi connectivity index (χ0v) is 16.7. The minimum atomic E-state index is -0.387. The molecule has 8 heteroatoms. The van der Waals surface area contributed by atoms with E-state index < -0.39 is 0 Å². The van der Waals surface area contributed by atoms with Crippen LogP contribution < -0.4 is 10.1 Å². The van der Waals surface area contributed by atoms with Gasteiger partial charge in [-0.25, -0.2) is 9.18 Å². The number of ether oxygens (including phenoxy) is 1. The van der Waals surface area contributed by atoms with Crippen LogP contribution in [0.3, 0.4) is 0 Å². The molecule has 1 aromatic carbocycles. The van der Waals surface area contributed by atoms with E-state index in [-0.39, 0.29) is 34.4 Å². The van der Waals surface area contributed by atoms with Gasteiger partial charge in [0.25, 0.3) is 0 Å². The number of benzene rings is 1. The first-order chi connectivity index (χ1) is 13.3. The second kappa shape index (κ2) is 7.43. The summed E-state index contributed by atoms with van der Waals surface area (Å²) in [7, 11) is 0. The van der Waals surface area contributed by atoms with Gasteiger partial charge in [0.15, 0.2) is 0 Å². The van der Waals surface area contributed by atoms with Gasteiger partial charge < -0.3 is 19.9 Å². The maximum Gasteiger partial charge on any atom is 0.320 e. The summed E-state index contributed by atoms with van der Waals surface area (Å²) in [6.45, 7) is 4.58. The molecule has 1 atom stereocenters. The van der Waals surface area contributed by atoms with E-state index in [1.807, 2.05) is 16.7 Å². The van der Waals surface area contributed by atoms with Crippen molar-refractivity contribution >= 4 is 23.5 Å². The normalized spacial score (nSPS) is 22.8. The molecule has 152 valence electrons. The number of hydrogen-bond acceptors (Lipinski definition) is 3. The number of likely N-dealkylation sites (tertiary alicyclic amines) is 2. The Morgan fingerprint density at radius 2 is 2.04 bits per heavy atom. The minimum Gasteiger partial charge on any atom is -0.489 e. The number of carbonyl (C=O) groups excluding carboxylic acids is 2. The fraction of sp³-hybridized carbons (Fsp3) is 0.600. The molecule has 0 aliphatic carbocycles. The SMILES string of the molecule is CC(Oc1ccc(F)cc1Cl)C1CCN(C(=O)N2CC3(CCC(=O)N3)C2)CC1. The number of urea groups is 1. The summed E-state index contributed by atoms with van der Waals surface area (Å²) in [5.74, 6) is 0.491. The molecule has 3 heterocycles. The van der Waals surface area contributed by atoms with Crippen LogP contribution in [0, 0.1) is 11.7 Å². The maximum absolute atomic E-state index is 13.2. The summed E-state index contributed by atoms with van der Waals surface area (Å²) >= 11 is 6.05. The number of carbonyl (C=O) groups is 2. The Morgan fingerprint density at radius 3 is 2.64 bits per heavy atom. The molecule has 3 saturated heterocycles. The van der Waals surface area contributed by atoms with Crippen molar-refractivity contribution in [3.8, 4) is 5.75 Å². The average molecular weight is 410 g/mol. The van der Waals surface area contributed by atoms with E-state index in [1.54, 1.807) is 6.07 Å². The molecule has 1 aromatic rings. The van der Waals surface area contributed by atoms with Crippen molar-refractivity contribution in [3.05, 3.63) is 29.0 Å². The lowest BCUT2D eigenvalue weighted by atomic mass is 9.88. The van der Waals surface area contributed by atoms with Crippen LogP contribution in [-0.4, -0.2) is 59.6 Å². The minimum absolute atomic E-state index is 0.0559. The van der Waals surface area contributed by atoms with Crippen LogP contribution in [0.15, 0.2) is 18.2 Å². The first-order valence-corrected chi connectivity index (χ1v) is 10.2. The topological polar surface area (TPSA) is 61.9 Å². The van der Waals surface area contributed by atoms with E-state index in [0.717, 1.165) is 19.3 Å². The third-order valence-corrected chi connectivity index (χ3v) is 6.47. The highest BCUT2D eigenvalue weighted by Crippen LogP contribution is 2.33. The number of amides is 3. The molecule has 3 amide bonds. The van der Waals surface area contributed by atoms with Crippen molar-refractivity contribution in [1.29, 1.82) is 0 Å². The van der Waals surface area contributed by atoms with Gasteiger partial charge in [-0.1, -0.05) is 11.6 Å². The zero-order chi connectivity index (χ0) is 19.9. The molecule has 28 heavy (non-hydrogen) atoms. The van der Waals surface area contributed by atoms with Gasteiger partial charge in [0.2, 0.25) is 5.91 Å². The molecule has 1 unspecified atom stereocenters. The Morgan fingerprint density at radius 1 is 1.32 bits per heavy atom. The molecular formula is C20H25ClFN3O3. The third-order valence-electron chi connectivity index (χ3n) is 6.17. The molecule has 1 spiro atoms. The molecule has 0 radical (unpaired) electrons. The summed E-state index contributed by atoms with van der Waals surface area (Å²) in [6, 6.07) is 4.19. The molecule has 3 fully saturated rings. The standard InChI is InChI=1S/C20H25ClFN3O3/c1-13(28-17-3-2-15(22)10-16(17)21)14-5-8-24(9-6-14)19(27)25-11-20(12-25)7-4-18(26)23-20/h2-3,10,13-14H,4-9,11-12H2,1H3,(H,23,26). The van der Waals surface area contributed by atoms with Crippen molar-refractivity contribution < 1.29 is 18.7 Å². The number of piperidine rings is 1. The second-order valence-corrected chi connectivity index (χ2v) is 8.60. The van der Waals surface area contributed by atoms with Crippen LogP contribution >= 0.6 is 11.6 Å². The molecule has 3 aliphatic rings. The Hall–Kier alpha value is -2.02. The third kappa shape index (κ3) is 3.77. The van der Waals surface area contributed by atoms with Gasteiger partial charge in [-0.05, 0) is 50.3 Å². The van der Waals surface area contributed by atoms with E-state index in [0.29, 0.717) is 44.3 Å². The Labute approximate surface area is 168 Å². The van der Waals surface area contributed by atoms with Gasteiger partial charge in [0.1, 0.15) is 11.6 Å². The second-order valence-electron chi connectivity index (χ2n) is 8.19. The monoisotopic (exact) mass is 409 g/mol. The molecule has 4 rings (SSSR count). The molecular weight excluding hydrogens is 385 g/mol. The lowest BCUT2D eigenvalue weighted by molar-refractivity contribution is -0.120. The first-order valence-electron chi connectivity index (χ1n) is 9.82. The fourth-order valence-electron chi connectivity index (χ4n) is 4.46. The number of nitrogens with one attached hydrogen (secondary N) is 1. The average Bonchev–Trinajstić information content (AvgIpc) is 3.04. The van der Waals surface area contributed by atoms with E-state index in [1.165, 1.54) is 12.1 Å². The fourth-order valence-corrected chi connectivity index (χ4v) is 4.67. The van der Waals surface area contributed by atoms with Crippen molar-refractivity contribution in [2.45, 2.75) is 44.2 Å². The van der Waals surface area contributed by atoms with E-state index in [4.69, 9.17) is 16.3 Å². The lowest BCUT2D eigenvalue weighted by Gasteiger charge is -2.49. The van der Waals surface area contributed by atoms with Gasteiger partial charge in [-0.2, -0.15) is 0 Å². The largest absolute Gasteiger partial charge is 0.489 e. The zero-order valence-electron chi connectivity index (χ0n) is 15.9. The van der Waals surface area contributed by atoms with E-state index in [2.05, 4.69) is 5.32 Å². The van der Waals surface area contributed by atoms with Crippen LogP contribution in [0.25, 0.3) is 0 Å². The van der Waals surface area contributed by atoms with Crippen molar-refractivity contribution in [2.24, 2.45) is 5.92 Å². The van der Waals surface area contributed by atoms with E-state index in [9.17, 15) is 14.0 Å². The van der Waals surface area contributed by atoms with Gasteiger partial charge in [0, 0.05) is 32.6 Å². The van der Waals surface area contributed by atoms with E-state index >= 15 is 0 Å². The van der Waals surface area contributed by atoms with Gasteiger partial charge in [-0.15, -0.1) is 0 Å². The van der Waals surface area contributed by atoms with Crippen LogP contribution in [0.1, 0.15) is 32.6 Å². The number of rotatable bonds is 3. The number of halogens is 2. The molecule has 0 saturated carbocycles. The summed E-state index contributed by atoms with van der Waals surface area (Å²) in [5.41, 5.74) is -0.179. The highest BCUT2D eigenvalue weighted by molar-refractivity contribution is 6.32. The van der Waals surface area contributed by atoms with Crippen molar-refractivity contribution in [1.82, 2.24) is 15.1 Å². The molecule has 6 nitrogen and oxygen atoms in total. The summed E-state index contributed by atoms with van der Waals surface area (Å²) in [6.07, 6.45) is 3.01. The molecule has 0 aromatic heterocycles. The highest BCUT2D eigenvalue weighted by atomic mass is 35.5. The lowest BCUT2D eigenvalue weighted by Crippen LogP contribution is -2.70. The van der Waals surface area contributed by atoms with Gasteiger partial charge >= 0.3 is 6.03 Å². The Balaban J connectivity index is 1.25. The number of nitrogens with zero attached hydrogens (tertiary/aromatic N) is 2. The number of hydrogen-bond donors (Lipinski definition) is 1. The summed E-state index contributed by atoms with van der Waals surface area (Å²) in [4.78, 5) is 27.8. The molecule has 0 bridgehead atoms. The summed E-state index contributed by atoms with van der Waals surface area (Å²) in [5, 5.41) is 3.27. The summed E-state index contributed by atoms with van der Waals surface area (Å²) < 4.78 is 19.1. The van der Waals surface area contributed by atoms with Crippen LogP contribution in [-0.2, 0) is 4.79 Å². The first kappa shape index (κ1) is 19.3. The van der Waals surface area contributed by atoms with Gasteiger partial charge in [-0.3, -0.25) is 4.79 Å². The Bertz CT molecular complexity index is 776. The van der Waals surface area contributed by atoms with Crippen LogP contribution in [0.5, 0.6) is 5.75 Å². The highest BCUT2D eigenvalue weighted by Gasteiger charge is 2.50. The Kier molecular flexibility index (Phi) is 5.12. The van der Waals surface area contributed by atoms with Crippen LogP contribution in [0.2, 0.25) is 5.02 Å². The predicted octanol–water partition coefficient (Wildman–Crippen LogP) is 3.04. The predicted molar refractivity (Wildman–Crippen MR) is 103 cm³/mol. The smallest absolute Gasteiger partial charge is 0.320 e. The van der Waals surface area contributed by atoms with Crippen molar-refractivity contribution in [2.75, 3.05) is 26.2 Å². The quantitative estimate of drug-likeness (QED) is 0.834. The van der Waals surface area contributed by atoms with Gasteiger partial charge in [0.05, 0.1) is 16.7 Å².